The lowest BCUT2D eigenvalue weighted by atomic mass is 10.0. The van der Waals surface area contributed by atoms with Crippen molar-refractivity contribution in [1.29, 1.82) is 0 Å². The predicted molar refractivity (Wildman–Crippen MR) is 149 cm³/mol. The number of nitrogens with two attached hydrogens (primary N) is 2. The van der Waals surface area contributed by atoms with Crippen molar-refractivity contribution < 1.29 is 34.0 Å². The van der Waals surface area contributed by atoms with Crippen molar-refractivity contribution in [3.8, 4) is 0 Å². The monoisotopic (exact) mass is 616 g/mol. The van der Waals surface area contributed by atoms with Gasteiger partial charge in [-0.3, -0.25) is 14.5 Å². The first-order valence-corrected chi connectivity index (χ1v) is 14.8. The van der Waals surface area contributed by atoms with Crippen LogP contribution in [0.1, 0.15) is 19.2 Å². The Morgan fingerprint density at radius 1 is 1.43 bits per heavy atom. The molecule has 0 bridgehead atoms. The average molecular weight is 617 g/mol. The van der Waals surface area contributed by atoms with Crippen molar-refractivity contribution in [2.45, 2.75) is 44.0 Å². The molecule has 1 fully saturated rings. The van der Waals surface area contributed by atoms with E-state index in [1.807, 2.05) is 16.7 Å². The third-order valence-corrected chi connectivity index (χ3v) is 8.55. The SMILES string of the molecule is CCO/N=C(/C(=O)NC1C(=O)N2C(C(=O)[O-])=C(C[n+]3cccc4c3ncn4CCC(O)CN)CSC12)c1nsc(N)n1. The Morgan fingerprint density at radius 2 is 2.24 bits per heavy atom. The van der Waals surface area contributed by atoms with Crippen LogP contribution >= 0.6 is 23.3 Å². The van der Waals surface area contributed by atoms with E-state index in [-0.39, 0.29) is 47.8 Å². The Hall–Kier alpha value is -4.13. The number of aliphatic hydroxyl groups is 1. The Kier molecular flexibility index (Phi) is 8.66. The van der Waals surface area contributed by atoms with Crippen LogP contribution in [0.25, 0.3) is 11.2 Å². The molecule has 1 saturated heterocycles. The molecule has 222 valence electrons. The van der Waals surface area contributed by atoms with Crippen LogP contribution in [0.5, 0.6) is 0 Å². The zero-order chi connectivity index (χ0) is 30.0. The number of aromatic nitrogens is 5. The van der Waals surface area contributed by atoms with Gasteiger partial charge in [-0.05, 0) is 30.5 Å². The fourth-order valence-electron chi connectivity index (χ4n) is 4.65. The van der Waals surface area contributed by atoms with E-state index in [4.69, 9.17) is 16.3 Å². The van der Waals surface area contributed by atoms with Gasteiger partial charge in [0.25, 0.3) is 11.8 Å². The summed E-state index contributed by atoms with van der Waals surface area (Å²) < 4.78 is 7.66. The number of hydrogen-bond acceptors (Lipinski definition) is 14. The van der Waals surface area contributed by atoms with Crippen molar-refractivity contribution in [2.24, 2.45) is 10.9 Å². The van der Waals surface area contributed by atoms with Crippen LogP contribution in [0.3, 0.4) is 0 Å². The number of thioether (sulfide) groups is 1. The van der Waals surface area contributed by atoms with Crippen LogP contribution in [0, 0.1) is 0 Å². The minimum Gasteiger partial charge on any atom is -0.543 e. The van der Waals surface area contributed by atoms with Gasteiger partial charge in [0, 0.05) is 35.9 Å². The lowest BCUT2D eigenvalue weighted by Gasteiger charge is -2.50. The van der Waals surface area contributed by atoms with Gasteiger partial charge in [0.1, 0.15) is 30.1 Å². The van der Waals surface area contributed by atoms with Crippen molar-refractivity contribution in [3.05, 3.63) is 41.8 Å². The summed E-state index contributed by atoms with van der Waals surface area (Å²) in [6.07, 6.45) is 3.24. The number of hydrogen-bond donors (Lipinski definition) is 4. The van der Waals surface area contributed by atoms with Gasteiger partial charge in [0.2, 0.25) is 17.9 Å². The van der Waals surface area contributed by atoms with Crippen LogP contribution in [0.15, 0.2) is 41.1 Å². The number of pyridine rings is 1. The van der Waals surface area contributed by atoms with Crippen molar-refractivity contribution >= 4 is 63.1 Å². The standard InChI is InChI=1S/C24H28N10O6S2/c1-2-40-30-15(18-29-24(26)42-31-18)20(36)28-16-21(37)34-17(23(38)39)12(10-41-22(16)34)9-32-6-3-4-14-19(32)27-11-33(14)7-5-13(35)8-25/h3-4,6,11,13,16,22,35H,2,5,7-10,25H2,1H3,(H3-,26,28,29,31,36,38,39)/b30-15+. The Bertz CT molecular complexity index is 1590. The van der Waals surface area contributed by atoms with Crippen LogP contribution in [-0.2, 0) is 32.3 Å². The molecule has 2 aliphatic heterocycles. The molecule has 0 aromatic carbocycles. The van der Waals surface area contributed by atoms with Crippen LogP contribution in [-0.4, -0.2) is 88.8 Å². The number of β-lactam (4-membered cyclic amide) rings is 1. The second-order valence-corrected chi connectivity index (χ2v) is 11.3. The zero-order valence-electron chi connectivity index (χ0n) is 22.4. The molecule has 18 heteroatoms. The van der Waals surface area contributed by atoms with E-state index in [0.717, 1.165) is 21.9 Å². The number of aliphatic hydroxyl groups excluding tert-OH is 1. The highest BCUT2D eigenvalue weighted by Crippen LogP contribution is 2.40. The third kappa shape index (κ3) is 5.65. The van der Waals surface area contributed by atoms with Gasteiger partial charge in [-0.2, -0.15) is 9.36 Å². The Balaban J connectivity index is 1.35. The van der Waals surface area contributed by atoms with Crippen LogP contribution in [0.4, 0.5) is 5.13 Å². The molecule has 42 heavy (non-hydrogen) atoms. The number of carboxylic acids is 1. The summed E-state index contributed by atoms with van der Waals surface area (Å²) in [5, 5.41) is 27.9. The maximum Gasteiger partial charge on any atom is 0.349 e. The predicted octanol–water partition coefficient (Wildman–Crippen LogP) is -2.69. The molecule has 3 atom stereocenters. The molecule has 0 spiro atoms. The molecule has 5 rings (SSSR count). The molecule has 0 radical (unpaired) electrons. The number of nitrogen functional groups attached to an aromatic ring is 1. The summed E-state index contributed by atoms with van der Waals surface area (Å²) in [5.74, 6) is -2.65. The normalized spacial score (nSPS) is 19.5. The summed E-state index contributed by atoms with van der Waals surface area (Å²) in [5.41, 5.74) is 12.5. The number of aryl methyl sites for hydroxylation is 1. The average Bonchev–Trinajstić information content (AvgIpc) is 3.60. The summed E-state index contributed by atoms with van der Waals surface area (Å²) in [6, 6.07) is 2.67. The molecular weight excluding hydrogens is 588 g/mol. The number of nitrogens with one attached hydrogen (secondary N) is 1. The first-order chi connectivity index (χ1) is 20.2. The number of fused-ring (bicyclic) bond motifs is 2. The topological polar surface area (TPSA) is 231 Å². The zero-order valence-corrected chi connectivity index (χ0v) is 24.0. The van der Waals surface area contributed by atoms with E-state index in [0.29, 0.717) is 24.2 Å². The number of amides is 2. The minimum atomic E-state index is -1.50. The van der Waals surface area contributed by atoms with E-state index in [1.54, 1.807) is 24.0 Å². The fraction of sp³-hybridized carbons (Fsp3) is 0.417. The van der Waals surface area contributed by atoms with E-state index in [1.165, 1.54) is 11.8 Å². The highest BCUT2D eigenvalue weighted by molar-refractivity contribution is 8.00. The van der Waals surface area contributed by atoms with E-state index in [2.05, 4.69) is 24.8 Å². The van der Waals surface area contributed by atoms with E-state index < -0.39 is 35.3 Å². The molecule has 3 aromatic rings. The Labute approximate surface area is 247 Å². The summed E-state index contributed by atoms with van der Waals surface area (Å²) in [7, 11) is 0. The van der Waals surface area contributed by atoms with Crippen molar-refractivity contribution in [3.63, 3.8) is 0 Å². The molecular formula is C24H28N10O6S2. The molecule has 2 amide bonds. The van der Waals surface area contributed by atoms with E-state index in [9.17, 15) is 24.6 Å². The van der Waals surface area contributed by atoms with Gasteiger partial charge in [-0.15, -0.1) is 11.8 Å². The molecule has 16 nitrogen and oxygen atoms in total. The highest BCUT2D eigenvalue weighted by atomic mass is 32.2. The second-order valence-electron chi connectivity index (χ2n) is 9.38. The first kappa shape index (κ1) is 29.4. The molecule has 0 saturated carbocycles. The fourth-order valence-corrected chi connectivity index (χ4v) is 6.42. The summed E-state index contributed by atoms with van der Waals surface area (Å²) >= 11 is 2.18. The highest BCUT2D eigenvalue weighted by Gasteiger charge is 2.53. The smallest absolute Gasteiger partial charge is 0.349 e. The third-order valence-electron chi connectivity index (χ3n) is 6.67. The van der Waals surface area contributed by atoms with Crippen LogP contribution in [0.2, 0.25) is 0 Å². The number of carboxylic acid groups (broad SMARTS) is 1. The number of nitrogens with zero attached hydrogens (tertiary/aromatic N) is 7. The number of rotatable bonds is 12. The number of oxime groups is 1. The minimum absolute atomic E-state index is 0.0508. The van der Waals surface area contributed by atoms with Gasteiger partial charge < -0.3 is 41.2 Å². The van der Waals surface area contributed by atoms with Crippen molar-refractivity contribution in [1.82, 2.24) is 29.1 Å². The van der Waals surface area contributed by atoms with Gasteiger partial charge in [-0.25, -0.2) is 4.57 Å². The summed E-state index contributed by atoms with van der Waals surface area (Å²) in [4.78, 5) is 53.1. The van der Waals surface area contributed by atoms with E-state index >= 15 is 0 Å². The van der Waals surface area contributed by atoms with Gasteiger partial charge in [0.15, 0.2) is 5.13 Å². The van der Waals surface area contributed by atoms with Gasteiger partial charge in [-0.1, -0.05) is 5.16 Å². The molecule has 5 heterocycles. The maximum absolute atomic E-state index is 13.2. The van der Waals surface area contributed by atoms with Crippen molar-refractivity contribution in [2.75, 3.05) is 24.6 Å². The maximum atomic E-state index is 13.2. The van der Waals surface area contributed by atoms with Crippen LogP contribution < -0.4 is 26.5 Å². The Morgan fingerprint density at radius 3 is 2.93 bits per heavy atom. The quantitative estimate of drug-likeness (QED) is 0.0705. The molecule has 6 N–H and O–H groups in total. The number of carbonyl (C=O) groups excluding carboxylic acids is 3. The lowest BCUT2D eigenvalue weighted by molar-refractivity contribution is -0.664. The van der Waals surface area contributed by atoms with Gasteiger partial charge >= 0.3 is 5.65 Å². The van der Waals surface area contributed by atoms with Gasteiger partial charge in [0.05, 0.1) is 24.0 Å². The second kappa shape index (κ2) is 12.4. The molecule has 0 aliphatic carbocycles. The molecule has 3 unspecified atom stereocenters. The summed E-state index contributed by atoms with van der Waals surface area (Å²) in [6.45, 7) is 2.66. The number of imidazole rings is 1. The first-order valence-electron chi connectivity index (χ1n) is 12.9. The number of anilines is 1. The largest absolute Gasteiger partial charge is 0.543 e. The number of aliphatic carboxylic acids is 1. The number of carbonyl (C=O) groups is 3. The molecule has 3 aromatic heterocycles. The molecule has 2 aliphatic rings. The lowest BCUT2D eigenvalue weighted by Crippen LogP contribution is -2.71.